The summed E-state index contributed by atoms with van der Waals surface area (Å²) in [6.45, 7) is 1.46. The lowest BCUT2D eigenvalue weighted by Gasteiger charge is -2.25. The lowest BCUT2D eigenvalue weighted by atomic mass is 10.1. The van der Waals surface area contributed by atoms with Crippen LogP contribution in [0.4, 0.5) is 11.5 Å². The topological polar surface area (TPSA) is 95.4 Å². The Kier molecular flexibility index (Phi) is 7.40. The minimum Gasteiger partial charge on any atom is -0.497 e. The number of nitrogens with one attached hydrogen (secondary N) is 3. The molecule has 162 valence electrons. The molecule has 2 aromatic heterocycles. The molecule has 31 heavy (non-hydrogen) atoms. The van der Waals surface area contributed by atoms with Gasteiger partial charge in [-0.1, -0.05) is 0 Å². The van der Waals surface area contributed by atoms with E-state index in [1.807, 2.05) is 43.4 Å². The molecule has 0 spiro atoms. The Hall–Kier alpha value is -3.65. The molecule has 3 aromatic rings. The lowest BCUT2D eigenvalue weighted by Crippen LogP contribution is -2.27. The zero-order valence-electron chi connectivity index (χ0n) is 18.3. The highest BCUT2D eigenvalue weighted by Gasteiger charge is 2.15. The molecular formula is C23H28N6O2. The number of aromatic nitrogens is 2. The van der Waals surface area contributed by atoms with Crippen LogP contribution in [-0.4, -0.2) is 57.6 Å². The number of fused-ring (bicyclic) bond motifs is 1. The third kappa shape index (κ3) is 5.10. The summed E-state index contributed by atoms with van der Waals surface area (Å²) >= 11 is 0. The van der Waals surface area contributed by atoms with E-state index in [2.05, 4.69) is 20.5 Å². The van der Waals surface area contributed by atoms with Crippen molar-refractivity contribution < 1.29 is 9.47 Å². The standard InChI is InChI=1S/C23H28N6O2/c1-25-7-8-29(18-10-19(30-3)12-20(11-18)31-4)23-6-5-21-22(28-23)9-16(15-27-21)17(13-24)14-26-2/h5-6,9-15,24-26H,7-8H2,1-4H3/b17-14+,24-13?. The van der Waals surface area contributed by atoms with E-state index in [9.17, 15) is 0 Å². The van der Waals surface area contributed by atoms with Crippen molar-refractivity contribution in [3.63, 3.8) is 0 Å². The molecule has 1 aromatic carbocycles. The van der Waals surface area contributed by atoms with E-state index in [4.69, 9.17) is 19.9 Å². The minimum absolute atomic E-state index is 0.698. The fraction of sp³-hybridized carbons (Fsp3) is 0.261. The predicted molar refractivity (Wildman–Crippen MR) is 126 cm³/mol. The minimum atomic E-state index is 0.698. The first-order valence-corrected chi connectivity index (χ1v) is 9.93. The SMILES string of the molecule is CN/C=C(\C=N)c1cnc2ccc(N(CCNC)c3cc(OC)cc(OC)c3)nc2c1. The van der Waals surface area contributed by atoms with Gasteiger partial charge in [-0.2, -0.15) is 0 Å². The van der Waals surface area contributed by atoms with E-state index in [0.29, 0.717) is 18.0 Å². The maximum Gasteiger partial charge on any atom is 0.133 e. The van der Waals surface area contributed by atoms with Crippen molar-refractivity contribution >= 4 is 34.3 Å². The van der Waals surface area contributed by atoms with Crippen LogP contribution in [0.5, 0.6) is 11.5 Å². The molecule has 0 aliphatic carbocycles. The van der Waals surface area contributed by atoms with Gasteiger partial charge in [-0.05, 0) is 25.2 Å². The molecule has 3 rings (SSSR count). The van der Waals surface area contributed by atoms with Crippen LogP contribution in [-0.2, 0) is 0 Å². The van der Waals surface area contributed by atoms with E-state index >= 15 is 0 Å². The molecule has 8 nitrogen and oxygen atoms in total. The molecule has 0 saturated carbocycles. The van der Waals surface area contributed by atoms with Crippen molar-refractivity contribution in [2.24, 2.45) is 0 Å². The van der Waals surface area contributed by atoms with Gasteiger partial charge in [-0.25, -0.2) is 4.98 Å². The summed E-state index contributed by atoms with van der Waals surface area (Å²) in [5.74, 6) is 2.20. The van der Waals surface area contributed by atoms with Crippen molar-refractivity contribution in [1.82, 2.24) is 20.6 Å². The fourth-order valence-electron chi connectivity index (χ4n) is 3.22. The van der Waals surface area contributed by atoms with Crippen molar-refractivity contribution in [3.8, 4) is 11.5 Å². The van der Waals surface area contributed by atoms with E-state index in [-0.39, 0.29) is 0 Å². The maximum atomic E-state index is 7.66. The molecule has 0 aliphatic rings. The summed E-state index contributed by atoms with van der Waals surface area (Å²) in [6.07, 6.45) is 4.82. The van der Waals surface area contributed by atoms with Gasteiger partial charge in [0.15, 0.2) is 0 Å². The summed E-state index contributed by atoms with van der Waals surface area (Å²) in [4.78, 5) is 11.5. The number of pyridine rings is 2. The highest BCUT2D eigenvalue weighted by Crippen LogP contribution is 2.32. The number of anilines is 2. The van der Waals surface area contributed by atoms with Crippen LogP contribution in [0.25, 0.3) is 16.6 Å². The zero-order valence-corrected chi connectivity index (χ0v) is 18.3. The summed E-state index contributed by atoms with van der Waals surface area (Å²) < 4.78 is 10.9. The average Bonchev–Trinajstić information content (AvgIpc) is 2.82. The molecule has 3 N–H and O–H groups in total. The number of nitrogens with zero attached hydrogens (tertiary/aromatic N) is 3. The van der Waals surface area contributed by atoms with Crippen molar-refractivity contribution in [2.45, 2.75) is 0 Å². The third-order valence-electron chi connectivity index (χ3n) is 4.82. The predicted octanol–water partition coefficient (Wildman–Crippen LogP) is 3.21. The van der Waals surface area contributed by atoms with Gasteiger partial charge in [0.05, 0.1) is 25.3 Å². The number of ether oxygens (including phenoxy) is 2. The molecule has 0 aliphatic heterocycles. The number of hydrogen-bond donors (Lipinski definition) is 3. The Balaban J connectivity index is 2.09. The number of hydrogen-bond acceptors (Lipinski definition) is 8. The first-order chi connectivity index (χ1) is 15.1. The number of benzene rings is 1. The zero-order chi connectivity index (χ0) is 22.2. The van der Waals surface area contributed by atoms with Crippen LogP contribution in [0.2, 0.25) is 0 Å². The largest absolute Gasteiger partial charge is 0.497 e. The highest BCUT2D eigenvalue weighted by atomic mass is 16.5. The smallest absolute Gasteiger partial charge is 0.133 e. The normalized spacial score (nSPS) is 11.3. The van der Waals surface area contributed by atoms with Crippen LogP contribution in [0, 0.1) is 5.41 Å². The van der Waals surface area contributed by atoms with E-state index in [1.54, 1.807) is 33.7 Å². The summed E-state index contributed by atoms with van der Waals surface area (Å²) in [6, 6.07) is 11.6. The lowest BCUT2D eigenvalue weighted by molar-refractivity contribution is 0.394. The molecule has 0 bridgehead atoms. The number of allylic oxidation sites excluding steroid dienone is 1. The Bertz CT molecular complexity index is 1060. The summed E-state index contributed by atoms with van der Waals surface area (Å²) in [5, 5.41) is 13.8. The Labute approximate surface area is 182 Å². The van der Waals surface area contributed by atoms with Gasteiger partial charge < -0.3 is 30.4 Å². The molecule has 0 unspecified atom stereocenters. The monoisotopic (exact) mass is 420 g/mol. The average molecular weight is 421 g/mol. The number of likely N-dealkylation sites (N-methyl/N-ethyl adjacent to an activating group) is 1. The second kappa shape index (κ2) is 10.4. The molecule has 2 heterocycles. The number of rotatable bonds is 10. The van der Waals surface area contributed by atoms with Crippen molar-refractivity contribution in [2.75, 3.05) is 46.3 Å². The molecule has 0 saturated heterocycles. The first kappa shape index (κ1) is 22.0. The van der Waals surface area contributed by atoms with E-state index < -0.39 is 0 Å². The summed E-state index contributed by atoms with van der Waals surface area (Å²) in [7, 11) is 6.99. The van der Waals surface area contributed by atoms with Gasteiger partial charge >= 0.3 is 0 Å². The van der Waals surface area contributed by atoms with Gasteiger partial charge in [0.25, 0.3) is 0 Å². The second-order valence-electron chi connectivity index (χ2n) is 6.79. The molecule has 8 heteroatoms. The van der Waals surface area contributed by atoms with Gasteiger partial charge in [-0.3, -0.25) is 4.98 Å². The molecular weight excluding hydrogens is 392 g/mol. The van der Waals surface area contributed by atoms with Gasteiger partial charge in [0.1, 0.15) is 17.3 Å². The van der Waals surface area contributed by atoms with Crippen LogP contribution < -0.4 is 25.0 Å². The fourth-order valence-corrected chi connectivity index (χ4v) is 3.22. The Morgan fingerprint density at radius 1 is 1.06 bits per heavy atom. The first-order valence-electron chi connectivity index (χ1n) is 9.93. The van der Waals surface area contributed by atoms with Crippen molar-refractivity contribution in [1.29, 1.82) is 5.41 Å². The molecule has 0 atom stereocenters. The quantitative estimate of drug-likeness (QED) is 0.434. The Morgan fingerprint density at radius 3 is 2.42 bits per heavy atom. The molecule has 0 radical (unpaired) electrons. The van der Waals surface area contributed by atoms with Crippen LogP contribution >= 0.6 is 0 Å². The maximum absolute atomic E-state index is 7.66. The molecule has 0 fully saturated rings. The van der Waals surface area contributed by atoms with E-state index in [1.165, 1.54) is 6.21 Å². The van der Waals surface area contributed by atoms with Gasteiger partial charge in [-0.15, -0.1) is 0 Å². The third-order valence-corrected chi connectivity index (χ3v) is 4.82. The second-order valence-corrected chi connectivity index (χ2v) is 6.79. The van der Waals surface area contributed by atoms with Crippen LogP contribution in [0.3, 0.4) is 0 Å². The van der Waals surface area contributed by atoms with Crippen LogP contribution in [0.15, 0.2) is 48.8 Å². The summed E-state index contributed by atoms with van der Waals surface area (Å²) in [5.41, 5.74) is 4.01. The van der Waals surface area contributed by atoms with E-state index in [0.717, 1.165) is 40.2 Å². The van der Waals surface area contributed by atoms with Crippen LogP contribution in [0.1, 0.15) is 5.56 Å². The number of methoxy groups -OCH3 is 2. The van der Waals surface area contributed by atoms with Gasteiger partial charge in [0, 0.05) is 73.8 Å². The Morgan fingerprint density at radius 2 is 1.81 bits per heavy atom. The van der Waals surface area contributed by atoms with Crippen molar-refractivity contribution in [3.05, 3.63) is 54.4 Å². The molecule has 0 amide bonds. The van der Waals surface area contributed by atoms with Gasteiger partial charge in [0.2, 0.25) is 0 Å². The highest BCUT2D eigenvalue weighted by molar-refractivity contribution is 6.08.